The summed E-state index contributed by atoms with van der Waals surface area (Å²) >= 11 is 5.39. The number of hydrogen-bond donors (Lipinski definition) is 0. The molecule has 0 spiro atoms. The van der Waals surface area contributed by atoms with Crippen LogP contribution in [-0.4, -0.2) is 18.6 Å². The molecule has 0 amide bonds. The van der Waals surface area contributed by atoms with E-state index in [1.165, 1.54) is 0 Å². The van der Waals surface area contributed by atoms with Gasteiger partial charge in [0, 0.05) is 5.88 Å². The normalized spacial score (nSPS) is 11.6. The second-order valence-electron chi connectivity index (χ2n) is 1.93. The van der Waals surface area contributed by atoms with Gasteiger partial charge < -0.3 is 0 Å². The minimum absolute atomic E-state index is 0.526. The largest absolute Gasteiger partial charge is 0.508 e. The standard InChI is InChI=1S/C6H13ClO2P/c1-2-6-10(8)9-5-3-4-7/h2-6H2,1H3/q+1. The van der Waals surface area contributed by atoms with E-state index in [0.717, 1.165) is 12.8 Å². The highest BCUT2D eigenvalue weighted by Crippen LogP contribution is 2.22. The first-order valence-electron chi connectivity index (χ1n) is 3.44. The Hall–Kier alpha value is 0.350. The van der Waals surface area contributed by atoms with Crippen molar-refractivity contribution in [3.8, 4) is 0 Å². The number of halogens is 1. The summed E-state index contributed by atoms with van der Waals surface area (Å²) in [5.74, 6) is 0.579. The molecule has 2 nitrogen and oxygen atoms in total. The van der Waals surface area contributed by atoms with Crippen LogP contribution in [0.3, 0.4) is 0 Å². The first-order chi connectivity index (χ1) is 4.81. The average molecular weight is 184 g/mol. The maximum Gasteiger partial charge on any atom is 0.508 e. The van der Waals surface area contributed by atoms with Gasteiger partial charge in [0.2, 0.25) is 0 Å². The van der Waals surface area contributed by atoms with E-state index >= 15 is 0 Å². The molecule has 1 unspecified atom stereocenters. The molecule has 0 aliphatic rings. The Labute approximate surface area is 67.8 Å². The fraction of sp³-hybridized carbons (Fsp3) is 1.00. The number of rotatable bonds is 6. The lowest BCUT2D eigenvalue weighted by molar-refractivity contribution is 0.329. The predicted molar refractivity (Wildman–Crippen MR) is 44.1 cm³/mol. The zero-order chi connectivity index (χ0) is 7.82. The van der Waals surface area contributed by atoms with Crippen molar-refractivity contribution in [3.63, 3.8) is 0 Å². The quantitative estimate of drug-likeness (QED) is 0.360. The van der Waals surface area contributed by atoms with Crippen LogP contribution in [0.4, 0.5) is 0 Å². The molecular weight excluding hydrogens is 170 g/mol. The van der Waals surface area contributed by atoms with E-state index in [9.17, 15) is 4.57 Å². The lowest BCUT2D eigenvalue weighted by Crippen LogP contribution is -1.88. The molecule has 0 aromatic heterocycles. The fourth-order valence-electron chi connectivity index (χ4n) is 0.468. The van der Waals surface area contributed by atoms with E-state index in [2.05, 4.69) is 0 Å². The van der Waals surface area contributed by atoms with Gasteiger partial charge in [-0.3, -0.25) is 0 Å². The number of hydrogen-bond acceptors (Lipinski definition) is 2. The molecule has 4 heteroatoms. The van der Waals surface area contributed by atoms with Crippen LogP contribution in [0.2, 0.25) is 0 Å². The van der Waals surface area contributed by atoms with E-state index in [1.54, 1.807) is 0 Å². The van der Waals surface area contributed by atoms with Gasteiger partial charge in [-0.1, -0.05) is 6.92 Å². The minimum atomic E-state index is -1.40. The highest BCUT2D eigenvalue weighted by atomic mass is 35.5. The molecule has 0 heterocycles. The summed E-state index contributed by atoms with van der Waals surface area (Å²) in [4.78, 5) is 0. The van der Waals surface area contributed by atoms with E-state index in [-0.39, 0.29) is 0 Å². The highest BCUT2D eigenvalue weighted by molar-refractivity contribution is 7.39. The molecule has 0 fully saturated rings. The smallest absolute Gasteiger partial charge is 0.146 e. The van der Waals surface area contributed by atoms with Crippen LogP contribution in [0, 0.1) is 0 Å². The van der Waals surface area contributed by atoms with Crippen LogP contribution in [0.1, 0.15) is 19.8 Å². The summed E-state index contributed by atoms with van der Waals surface area (Å²) in [5.41, 5.74) is 0. The summed E-state index contributed by atoms with van der Waals surface area (Å²) in [5, 5.41) is 0. The molecule has 0 aromatic carbocycles. The zero-order valence-electron chi connectivity index (χ0n) is 6.18. The van der Waals surface area contributed by atoms with Gasteiger partial charge in [-0.05, 0) is 17.4 Å². The molecule has 0 radical (unpaired) electrons. The fourth-order valence-corrected chi connectivity index (χ4v) is 1.40. The van der Waals surface area contributed by atoms with Crippen molar-refractivity contribution < 1.29 is 9.09 Å². The Morgan fingerprint density at radius 1 is 1.60 bits per heavy atom. The minimum Gasteiger partial charge on any atom is -0.146 e. The topological polar surface area (TPSA) is 26.3 Å². The van der Waals surface area contributed by atoms with Crippen LogP contribution < -0.4 is 0 Å². The van der Waals surface area contributed by atoms with Gasteiger partial charge in [0.15, 0.2) is 6.16 Å². The lowest BCUT2D eigenvalue weighted by Gasteiger charge is -1.86. The third-order valence-corrected chi connectivity index (χ3v) is 2.47. The second-order valence-corrected chi connectivity index (χ2v) is 3.68. The van der Waals surface area contributed by atoms with Crippen LogP contribution >= 0.6 is 19.6 Å². The third-order valence-electron chi connectivity index (χ3n) is 0.919. The van der Waals surface area contributed by atoms with Crippen molar-refractivity contribution in [2.24, 2.45) is 0 Å². The summed E-state index contributed by atoms with van der Waals surface area (Å²) in [6.45, 7) is 2.51. The van der Waals surface area contributed by atoms with Crippen molar-refractivity contribution in [1.82, 2.24) is 0 Å². The van der Waals surface area contributed by atoms with Crippen molar-refractivity contribution in [2.45, 2.75) is 19.8 Å². The summed E-state index contributed by atoms with van der Waals surface area (Å²) in [7, 11) is -1.40. The highest BCUT2D eigenvalue weighted by Gasteiger charge is 2.13. The molecule has 1 atom stereocenters. The zero-order valence-corrected chi connectivity index (χ0v) is 7.83. The molecule has 0 aliphatic carbocycles. The van der Waals surface area contributed by atoms with Crippen LogP contribution in [0.5, 0.6) is 0 Å². The van der Waals surface area contributed by atoms with E-state index in [1.807, 2.05) is 6.92 Å². The Bertz CT molecular complexity index is 97.7. The van der Waals surface area contributed by atoms with Gasteiger partial charge in [-0.2, -0.15) is 0 Å². The van der Waals surface area contributed by atoms with Gasteiger partial charge in [0.1, 0.15) is 6.61 Å². The Kier molecular flexibility index (Phi) is 7.72. The SMILES string of the molecule is CCC[P+](=O)OCCCCl. The van der Waals surface area contributed by atoms with Gasteiger partial charge >= 0.3 is 8.03 Å². The van der Waals surface area contributed by atoms with Crippen LogP contribution in [0.15, 0.2) is 0 Å². The van der Waals surface area contributed by atoms with E-state index < -0.39 is 8.03 Å². The van der Waals surface area contributed by atoms with Crippen LogP contribution in [0.25, 0.3) is 0 Å². The predicted octanol–water partition coefficient (Wildman–Crippen LogP) is 2.78. The molecule has 0 aliphatic heterocycles. The van der Waals surface area contributed by atoms with Crippen molar-refractivity contribution in [3.05, 3.63) is 0 Å². The van der Waals surface area contributed by atoms with Gasteiger partial charge in [0.05, 0.1) is 0 Å². The molecule has 0 N–H and O–H groups in total. The molecular formula is C6H13ClO2P+. The molecule has 10 heavy (non-hydrogen) atoms. The first kappa shape index (κ1) is 10.3. The maximum absolute atomic E-state index is 10.8. The van der Waals surface area contributed by atoms with Crippen molar-refractivity contribution in [1.29, 1.82) is 0 Å². The van der Waals surface area contributed by atoms with Crippen molar-refractivity contribution >= 4 is 19.6 Å². The second kappa shape index (κ2) is 7.46. The van der Waals surface area contributed by atoms with Crippen molar-refractivity contribution in [2.75, 3.05) is 18.6 Å². The lowest BCUT2D eigenvalue weighted by atomic mass is 10.5. The van der Waals surface area contributed by atoms with Gasteiger partial charge in [-0.15, -0.1) is 16.1 Å². The molecule has 0 rings (SSSR count). The average Bonchev–Trinajstić information content (AvgIpc) is 1.89. The molecule has 60 valence electrons. The molecule has 0 aromatic rings. The van der Waals surface area contributed by atoms with Crippen LogP contribution in [-0.2, 0) is 9.09 Å². The molecule has 0 saturated carbocycles. The number of alkyl halides is 1. The van der Waals surface area contributed by atoms with E-state index in [4.69, 9.17) is 16.1 Å². The molecule has 0 saturated heterocycles. The van der Waals surface area contributed by atoms with E-state index in [0.29, 0.717) is 18.6 Å². The summed E-state index contributed by atoms with van der Waals surface area (Å²) < 4.78 is 15.7. The molecule has 0 bridgehead atoms. The Morgan fingerprint density at radius 2 is 2.30 bits per heavy atom. The summed E-state index contributed by atoms with van der Waals surface area (Å²) in [6, 6.07) is 0. The first-order valence-corrected chi connectivity index (χ1v) is 5.34. The Morgan fingerprint density at radius 3 is 2.80 bits per heavy atom. The Balaban J connectivity index is 3.05. The third kappa shape index (κ3) is 6.47. The van der Waals surface area contributed by atoms with Gasteiger partial charge in [-0.25, -0.2) is 0 Å². The van der Waals surface area contributed by atoms with Gasteiger partial charge in [0.25, 0.3) is 0 Å². The summed E-state index contributed by atoms with van der Waals surface area (Å²) in [6.07, 6.45) is 2.36. The monoisotopic (exact) mass is 183 g/mol. The maximum atomic E-state index is 10.8.